The number of aliphatic imine (C=N–C) groups is 1. The van der Waals surface area contributed by atoms with Gasteiger partial charge in [0.2, 0.25) is 0 Å². The van der Waals surface area contributed by atoms with E-state index in [9.17, 15) is 5.11 Å². The van der Waals surface area contributed by atoms with Gasteiger partial charge in [-0.15, -0.1) is 0 Å². The molecule has 1 N–H and O–H groups in total. The molecule has 0 bridgehead atoms. The molecule has 3 aromatic carbocycles. The lowest BCUT2D eigenvalue weighted by Crippen LogP contribution is -1.90. The van der Waals surface area contributed by atoms with Crippen molar-refractivity contribution in [2.45, 2.75) is 0 Å². The summed E-state index contributed by atoms with van der Waals surface area (Å²) in [5, 5.41) is 12.6. The molecule has 0 amide bonds. The van der Waals surface area contributed by atoms with Gasteiger partial charge < -0.3 is 14.6 Å². The molecule has 0 saturated heterocycles. The first-order valence-electron chi connectivity index (χ1n) is 7.30. The van der Waals surface area contributed by atoms with Crippen molar-refractivity contribution >= 4 is 34.3 Å². The van der Waals surface area contributed by atoms with E-state index in [4.69, 9.17) is 21.1 Å². The molecule has 0 aromatic heterocycles. The third kappa shape index (κ3) is 3.01. The lowest BCUT2D eigenvalue weighted by molar-refractivity contribution is 0.404. The molecule has 0 aliphatic rings. The maximum absolute atomic E-state index is 10.2. The SMILES string of the molecule is COc1cc(N=Cc2c(O)ccc3ccccc23)c(OC)cc1Cl. The van der Waals surface area contributed by atoms with Gasteiger partial charge in [0.1, 0.15) is 22.9 Å². The van der Waals surface area contributed by atoms with Crippen molar-refractivity contribution in [3.63, 3.8) is 0 Å². The van der Waals surface area contributed by atoms with E-state index in [1.54, 1.807) is 31.5 Å². The summed E-state index contributed by atoms with van der Waals surface area (Å²) in [5.41, 5.74) is 1.20. The highest BCUT2D eigenvalue weighted by Gasteiger charge is 2.10. The van der Waals surface area contributed by atoms with Crippen LogP contribution in [-0.2, 0) is 0 Å². The topological polar surface area (TPSA) is 51.0 Å². The number of benzene rings is 3. The Hall–Kier alpha value is -2.72. The van der Waals surface area contributed by atoms with Crippen molar-refractivity contribution in [3.05, 3.63) is 59.1 Å². The Morgan fingerprint density at radius 3 is 2.50 bits per heavy atom. The monoisotopic (exact) mass is 341 g/mol. The van der Waals surface area contributed by atoms with Crippen LogP contribution < -0.4 is 9.47 Å². The van der Waals surface area contributed by atoms with Crippen LogP contribution in [0.1, 0.15) is 5.56 Å². The highest BCUT2D eigenvalue weighted by molar-refractivity contribution is 6.32. The Morgan fingerprint density at radius 2 is 1.75 bits per heavy atom. The van der Waals surface area contributed by atoms with Crippen LogP contribution in [0.4, 0.5) is 5.69 Å². The number of aromatic hydroxyl groups is 1. The molecule has 0 saturated carbocycles. The van der Waals surface area contributed by atoms with Crippen molar-refractivity contribution in [3.8, 4) is 17.2 Å². The second kappa shape index (κ2) is 6.81. The molecule has 0 unspecified atom stereocenters. The fraction of sp³-hybridized carbons (Fsp3) is 0.105. The van der Waals surface area contributed by atoms with Gasteiger partial charge in [0.15, 0.2) is 0 Å². The molecule has 122 valence electrons. The van der Waals surface area contributed by atoms with E-state index >= 15 is 0 Å². The Labute approximate surface area is 144 Å². The number of phenolic OH excluding ortho intramolecular Hbond substituents is 1. The van der Waals surface area contributed by atoms with E-state index in [0.717, 1.165) is 10.8 Å². The molecule has 0 heterocycles. The van der Waals surface area contributed by atoms with Gasteiger partial charge in [-0.3, -0.25) is 4.99 Å². The molecule has 0 fully saturated rings. The summed E-state index contributed by atoms with van der Waals surface area (Å²) >= 11 is 6.10. The summed E-state index contributed by atoms with van der Waals surface area (Å²) in [6.45, 7) is 0. The van der Waals surface area contributed by atoms with Crippen LogP contribution in [0.2, 0.25) is 5.02 Å². The number of hydrogen-bond donors (Lipinski definition) is 1. The van der Waals surface area contributed by atoms with Gasteiger partial charge in [0, 0.05) is 23.9 Å². The van der Waals surface area contributed by atoms with Crippen LogP contribution in [0, 0.1) is 0 Å². The Morgan fingerprint density at radius 1 is 1.00 bits per heavy atom. The fourth-order valence-electron chi connectivity index (χ4n) is 2.50. The standard InChI is InChI=1S/C19H16ClNO3/c1-23-18-10-16(19(24-2)9-15(18)20)21-11-14-13-6-4-3-5-12(13)7-8-17(14)22/h3-11,22H,1-2H3. The normalized spacial score (nSPS) is 11.1. The van der Waals surface area contributed by atoms with Crippen LogP contribution in [0.3, 0.4) is 0 Å². The van der Waals surface area contributed by atoms with Crippen molar-refractivity contribution in [2.24, 2.45) is 4.99 Å². The average Bonchev–Trinajstić information content (AvgIpc) is 2.61. The number of hydrogen-bond acceptors (Lipinski definition) is 4. The highest BCUT2D eigenvalue weighted by atomic mass is 35.5. The molecule has 5 heteroatoms. The van der Waals surface area contributed by atoms with Gasteiger partial charge in [0.05, 0.1) is 19.2 Å². The van der Waals surface area contributed by atoms with Gasteiger partial charge in [-0.25, -0.2) is 0 Å². The Bertz CT molecular complexity index is 922. The first-order chi connectivity index (χ1) is 11.6. The Balaban J connectivity index is 2.10. The maximum Gasteiger partial charge on any atom is 0.146 e. The maximum atomic E-state index is 10.2. The number of nitrogens with zero attached hydrogens (tertiary/aromatic N) is 1. The first-order valence-corrected chi connectivity index (χ1v) is 7.68. The number of methoxy groups -OCH3 is 2. The lowest BCUT2D eigenvalue weighted by Gasteiger charge is -2.09. The van der Waals surface area contributed by atoms with Crippen LogP contribution in [0.25, 0.3) is 10.8 Å². The number of rotatable bonds is 4. The van der Waals surface area contributed by atoms with E-state index in [-0.39, 0.29) is 5.75 Å². The zero-order chi connectivity index (χ0) is 17.1. The minimum Gasteiger partial charge on any atom is -0.507 e. The largest absolute Gasteiger partial charge is 0.507 e. The number of fused-ring (bicyclic) bond motifs is 1. The van der Waals surface area contributed by atoms with E-state index < -0.39 is 0 Å². The van der Waals surface area contributed by atoms with Crippen LogP contribution in [0.5, 0.6) is 17.2 Å². The minimum absolute atomic E-state index is 0.164. The predicted octanol–water partition coefficient (Wildman–Crippen LogP) is 4.97. The molecular formula is C19H16ClNO3. The van der Waals surface area contributed by atoms with Crippen molar-refractivity contribution < 1.29 is 14.6 Å². The fourth-order valence-corrected chi connectivity index (χ4v) is 2.73. The molecule has 0 aliphatic carbocycles. The lowest BCUT2D eigenvalue weighted by atomic mass is 10.0. The summed E-state index contributed by atoms with van der Waals surface area (Å²) in [6, 6.07) is 14.7. The molecular weight excluding hydrogens is 326 g/mol. The average molecular weight is 342 g/mol. The molecule has 0 atom stereocenters. The van der Waals surface area contributed by atoms with Gasteiger partial charge in [-0.05, 0) is 16.8 Å². The van der Waals surface area contributed by atoms with E-state index in [1.165, 1.54) is 7.11 Å². The second-order valence-electron chi connectivity index (χ2n) is 5.14. The molecule has 0 radical (unpaired) electrons. The number of ether oxygens (including phenoxy) is 2. The van der Waals surface area contributed by atoms with Crippen LogP contribution in [0.15, 0.2) is 53.5 Å². The zero-order valence-electron chi connectivity index (χ0n) is 13.3. The van der Waals surface area contributed by atoms with Gasteiger partial charge in [-0.2, -0.15) is 0 Å². The molecule has 3 aromatic rings. The number of phenols is 1. The zero-order valence-corrected chi connectivity index (χ0v) is 14.0. The minimum atomic E-state index is 0.164. The summed E-state index contributed by atoms with van der Waals surface area (Å²) in [6.07, 6.45) is 1.61. The smallest absolute Gasteiger partial charge is 0.146 e. The first kappa shape index (κ1) is 16.1. The van der Waals surface area contributed by atoms with E-state index in [1.807, 2.05) is 30.3 Å². The third-order valence-corrected chi connectivity index (χ3v) is 4.03. The third-order valence-electron chi connectivity index (χ3n) is 3.73. The number of halogens is 1. The highest BCUT2D eigenvalue weighted by Crippen LogP contribution is 2.38. The summed E-state index contributed by atoms with van der Waals surface area (Å²) in [5.74, 6) is 1.20. The quantitative estimate of drug-likeness (QED) is 0.682. The van der Waals surface area contributed by atoms with Crippen molar-refractivity contribution in [1.29, 1.82) is 0 Å². The van der Waals surface area contributed by atoms with Crippen LogP contribution >= 0.6 is 11.6 Å². The summed E-state index contributed by atoms with van der Waals surface area (Å²) in [7, 11) is 3.09. The van der Waals surface area contributed by atoms with E-state index in [0.29, 0.717) is 27.8 Å². The molecule has 0 aliphatic heterocycles. The second-order valence-corrected chi connectivity index (χ2v) is 5.54. The van der Waals surface area contributed by atoms with Crippen LogP contribution in [-0.4, -0.2) is 25.5 Å². The van der Waals surface area contributed by atoms with Gasteiger partial charge >= 0.3 is 0 Å². The molecule has 4 nitrogen and oxygen atoms in total. The molecule has 3 rings (SSSR count). The predicted molar refractivity (Wildman–Crippen MR) is 97.4 cm³/mol. The van der Waals surface area contributed by atoms with E-state index in [2.05, 4.69) is 4.99 Å². The van der Waals surface area contributed by atoms with Gasteiger partial charge in [-0.1, -0.05) is 41.9 Å². The summed E-state index contributed by atoms with van der Waals surface area (Å²) < 4.78 is 10.5. The van der Waals surface area contributed by atoms with Gasteiger partial charge in [0.25, 0.3) is 0 Å². The van der Waals surface area contributed by atoms with Crippen molar-refractivity contribution in [1.82, 2.24) is 0 Å². The summed E-state index contributed by atoms with van der Waals surface area (Å²) in [4.78, 5) is 4.46. The Kier molecular flexibility index (Phi) is 4.58. The molecule has 0 spiro atoms. The molecule has 24 heavy (non-hydrogen) atoms. The van der Waals surface area contributed by atoms with Crippen molar-refractivity contribution in [2.75, 3.05) is 14.2 Å².